The zero-order valence-electron chi connectivity index (χ0n) is 25.1. The number of benzene rings is 1. The summed E-state index contributed by atoms with van der Waals surface area (Å²) in [6, 6.07) is 3.28. The molecule has 0 aliphatic carbocycles. The lowest BCUT2D eigenvalue weighted by atomic mass is 9.79. The van der Waals surface area contributed by atoms with Crippen molar-refractivity contribution in [2.24, 2.45) is 17.6 Å². The first-order valence-electron chi connectivity index (χ1n) is 14.7. The third-order valence-electron chi connectivity index (χ3n) is 7.28. The summed E-state index contributed by atoms with van der Waals surface area (Å²) in [7, 11) is 0. The molecule has 0 aromatic heterocycles. The molecule has 1 aromatic rings. The number of carbonyl (C=O) groups is 4. The number of rotatable bonds is 19. The van der Waals surface area contributed by atoms with E-state index in [4.69, 9.17) is 19.9 Å². The predicted molar refractivity (Wildman–Crippen MR) is 153 cm³/mol. The molecular weight excluding hydrogens is 514 g/mol. The van der Waals surface area contributed by atoms with Gasteiger partial charge in [-0.15, -0.1) is 0 Å². The lowest BCUT2D eigenvalue weighted by Crippen LogP contribution is -2.42. The van der Waals surface area contributed by atoms with Gasteiger partial charge in [-0.1, -0.05) is 72.8 Å². The summed E-state index contributed by atoms with van der Waals surface area (Å²) in [6.45, 7) is 11.5. The van der Waals surface area contributed by atoms with Crippen LogP contribution in [0.1, 0.15) is 117 Å². The van der Waals surface area contributed by atoms with Crippen LogP contribution in [-0.2, 0) is 23.9 Å². The van der Waals surface area contributed by atoms with E-state index in [1.54, 1.807) is 19.9 Å². The lowest BCUT2D eigenvalue weighted by molar-refractivity contribution is -0.152. The van der Waals surface area contributed by atoms with Crippen LogP contribution < -0.4 is 15.2 Å². The van der Waals surface area contributed by atoms with Gasteiger partial charge in [0.2, 0.25) is 0 Å². The molecule has 0 spiro atoms. The Morgan fingerprint density at radius 3 is 1.88 bits per heavy atom. The van der Waals surface area contributed by atoms with Crippen molar-refractivity contribution in [1.82, 2.24) is 0 Å². The Morgan fingerprint density at radius 2 is 1.38 bits per heavy atom. The molecule has 9 nitrogen and oxygen atoms in total. The van der Waals surface area contributed by atoms with Crippen molar-refractivity contribution in [3.05, 3.63) is 23.8 Å². The standard InChI is InChI=1S/C31H49NO8/c1-7-10-12-14-26(33)39-24-17-16-23(19-25(24)40-27(34)15-13-11-8-2)29(30(32)31(36)37)21(5)22(6)38-28(35)18-20(4)9-3/h16-17,19-22,29-30H,7-15,18,32H2,1-6H3,(H,36,37)/t20?,21?,22?,29?,30-/m0/s1. The number of carboxylic acid groups (broad SMARTS) is 1. The van der Waals surface area contributed by atoms with Gasteiger partial charge in [0, 0.05) is 31.1 Å². The van der Waals surface area contributed by atoms with Crippen LogP contribution in [0.2, 0.25) is 0 Å². The summed E-state index contributed by atoms with van der Waals surface area (Å²) < 4.78 is 16.8. The van der Waals surface area contributed by atoms with Gasteiger partial charge in [-0.25, -0.2) is 0 Å². The lowest BCUT2D eigenvalue weighted by Gasteiger charge is -2.32. The van der Waals surface area contributed by atoms with Crippen LogP contribution in [0.3, 0.4) is 0 Å². The number of nitrogens with two attached hydrogens (primary N) is 1. The topological polar surface area (TPSA) is 142 Å². The average Bonchev–Trinajstić information content (AvgIpc) is 2.90. The van der Waals surface area contributed by atoms with Gasteiger partial charge >= 0.3 is 23.9 Å². The van der Waals surface area contributed by atoms with Gasteiger partial charge in [0.1, 0.15) is 12.1 Å². The van der Waals surface area contributed by atoms with E-state index >= 15 is 0 Å². The van der Waals surface area contributed by atoms with Gasteiger partial charge in [-0.05, 0) is 43.4 Å². The number of aliphatic carboxylic acids is 1. The third kappa shape index (κ3) is 12.1. The number of ether oxygens (including phenoxy) is 3. The highest BCUT2D eigenvalue weighted by molar-refractivity contribution is 5.77. The summed E-state index contributed by atoms with van der Waals surface area (Å²) in [4.78, 5) is 49.5. The Bertz CT molecular complexity index is 963. The van der Waals surface area contributed by atoms with Crippen molar-refractivity contribution >= 4 is 23.9 Å². The SMILES string of the molecule is CCCCCC(=O)Oc1ccc(C(C(C)C(C)OC(=O)CC(C)CC)[C@H](N)C(=O)O)cc1OC(=O)CCCCC. The molecule has 4 unspecified atom stereocenters. The number of esters is 3. The molecule has 0 radical (unpaired) electrons. The summed E-state index contributed by atoms with van der Waals surface area (Å²) in [5.41, 5.74) is 6.62. The molecule has 1 rings (SSSR count). The highest BCUT2D eigenvalue weighted by Gasteiger charge is 2.36. The molecule has 0 saturated heterocycles. The minimum Gasteiger partial charge on any atom is -0.480 e. The van der Waals surface area contributed by atoms with E-state index < -0.39 is 41.9 Å². The van der Waals surface area contributed by atoms with Crippen molar-refractivity contribution in [3.63, 3.8) is 0 Å². The molecule has 226 valence electrons. The quantitative estimate of drug-likeness (QED) is 0.115. The van der Waals surface area contributed by atoms with Crippen molar-refractivity contribution < 1.29 is 38.5 Å². The molecule has 0 aliphatic heterocycles. The maximum Gasteiger partial charge on any atom is 0.321 e. The molecule has 40 heavy (non-hydrogen) atoms. The van der Waals surface area contributed by atoms with Gasteiger partial charge in [0.15, 0.2) is 11.5 Å². The Labute approximate surface area is 239 Å². The molecule has 0 fully saturated rings. The fourth-order valence-electron chi connectivity index (χ4n) is 4.36. The van der Waals surface area contributed by atoms with E-state index in [1.807, 2.05) is 27.7 Å². The smallest absolute Gasteiger partial charge is 0.321 e. The van der Waals surface area contributed by atoms with Crippen LogP contribution in [0.4, 0.5) is 0 Å². The molecule has 0 bridgehead atoms. The van der Waals surface area contributed by atoms with Gasteiger partial charge in [-0.3, -0.25) is 19.2 Å². The summed E-state index contributed by atoms with van der Waals surface area (Å²) in [5, 5.41) is 9.80. The van der Waals surface area contributed by atoms with E-state index in [9.17, 15) is 24.3 Å². The van der Waals surface area contributed by atoms with E-state index in [-0.39, 0.29) is 42.6 Å². The fraction of sp³-hybridized carbons (Fsp3) is 0.677. The molecular formula is C31H49NO8. The van der Waals surface area contributed by atoms with Crippen LogP contribution in [0.15, 0.2) is 18.2 Å². The summed E-state index contributed by atoms with van der Waals surface area (Å²) >= 11 is 0. The van der Waals surface area contributed by atoms with E-state index in [0.29, 0.717) is 18.4 Å². The molecule has 5 atom stereocenters. The highest BCUT2D eigenvalue weighted by Crippen LogP contribution is 2.37. The second-order valence-electron chi connectivity index (χ2n) is 10.7. The second-order valence-corrected chi connectivity index (χ2v) is 10.7. The largest absolute Gasteiger partial charge is 0.480 e. The van der Waals surface area contributed by atoms with Crippen LogP contribution in [0, 0.1) is 11.8 Å². The third-order valence-corrected chi connectivity index (χ3v) is 7.28. The molecule has 0 heterocycles. The van der Waals surface area contributed by atoms with Crippen LogP contribution in [-0.4, -0.2) is 41.1 Å². The highest BCUT2D eigenvalue weighted by atomic mass is 16.6. The van der Waals surface area contributed by atoms with Crippen molar-refractivity contribution in [2.45, 2.75) is 124 Å². The van der Waals surface area contributed by atoms with Crippen molar-refractivity contribution in [1.29, 1.82) is 0 Å². The van der Waals surface area contributed by atoms with Gasteiger partial charge in [0.25, 0.3) is 0 Å². The zero-order valence-corrected chi connectivity index (χ0v) is 25.1. The first kappa shape index (κ1) is 35.1. The summed E-state index contributed by atoms with van der Waals surface area (Å²) in [5.74, 6) is -3.52. The number of unbranched alkanes of at least 4 members (excludes halogenated alkanes) is 4. The molecule has 1 aromatic carbocycles. The predicted octanol–water partition coefficient (Wildman–Crippen LogP) is 6.16. The van der Waals surface area contributed by atoms with E-state index in [2.05, 4.69) is 0 Å². The average molecular weight is 564 g/mol. The first-order chi connectivity index (χ1) is 18.9. The monoisotopic (exact) mass is 563 g/mol. The van der Waals surface area contributed by atoms with Gasteiger partial charge in [-0.2, -0.15) is 0 Å². The normalized spacial score (nSPS) is 14.9. The molecule has 0 amide bonds. The molecule has 9 heteroatoms. The second kappa shape index (κ2) is 18.4. The minimum absolute atomic E-state index is 0.0269. The van der Waals surface area contributed by atoms with Crippen molar-refractivity contribution in [3.8, 4) is 11.5 Å². The number of hydrogen-bond donors (Lipinski definition) is 2. The van der Waals surface area contributed by atoms with Gasteiger partial charge in [0.05, 0.1) is 0 Å². The van der Waals surface area contributed by atoms with E-state index in [0.717, 1.165) is 32.1 Å². The Hall–Kier alpha value is -2.94. The van der Waals surface area contributed by atoms with E-state index in [1.165, 1.54) is 12.1 Å². The maximum atomic E-state index is 12.6. The number of carbonyl (C=O) groups excluding carboxylic acids is 3. The van der Waals surface area contributed by atoms with Crippen LogP contribution in [0.25, 0.3) is 0 Å². The van der Waals surface area contributed by atoms with Crippen LogP contribution in [0.5, 0.6) is 11.5 Å². The Kier molecular flexibility index (Phi) is 16.2. The minimum atomic E-state index is -1.33. The zero-order chi connectivity index (χ0) is 30.2. The first-order valence-corrected chi connectivity index (χ1v) is 14.7. The Morgan fingerprint density at radius 1 is 0.825 bits per heavy atom. The molecule has 0 saturated carbocycles. The summed E-state index contributed by atoms with van der Waals surface area (Å²) in [6.07, 6.45) is 5.87. The molecule has 3 N–H and O–H groups in total. The number of carboxylic acids is 1. The molecule has 0 aliphatic rings. The van der Waals surface area contributed by atoms with Gasteiger partial charge < -0.3 is 25.1 Å². The number of hydrogen-bond acceptors (Lipinski definition) is 8. The van der Waals surface area contributed by atoms with Crippen molar-refractivity contribution in [2.75, 3.05) is 0 Å². The Balaban J connectivity index is 3.35. The van der Waals surface area contributed by atoms with Crippen LogP contribution >= 0.6 is 0 Å². The maximum absolute atomic E-state index is 12.6. The fourth-order valence-corrected chi connectivity index (χ4v) is 4.36.